The molecule has 3 aromatic carbocycles. The molecule has 0 saturated carbocycles. The van der Waals surface area contributed by atoms with Gasteiger partial charge in [-0.1, -0.05) is 91.0 Å². The first-order valence-corrected chi connectivity index (χ1v) is 12.7. The summed E-state index contributed by atoms with van der Waals surface area (Å²) in [5.41, 5.74) is 3.83. The van der Waals surface area contributed by atoms with Gasteiger partial charge in [0.1, 0.15) is 0 Å². The van der Waals surface area contributed by atoms with Gasteiger partial charge in [-0.3, -0.25) is 4.90 Å². The third-order valence-electron chi connectivity index (χ3n) is 5.47. The van der Waals surface area contributed by atoms with Gasteiger partial charge in [-0.05, 0) is 29.5 Å². The van der Waals surface area contributed by atoms with Gasteiger partial charge in [-0.15, -0.1) is 0 Å². The highest BCUT2D eigenvalue weighted by Gasteiger charge is 2.39. The summed E-state index contributed by atoms with van der Waals surface area (Å²) in [5.74, 6) is 0. The highest BCUT2D eigenvalue weighted by molar-refractivity contribution is 6.60. The summed E-state index contributed by atoms with van der Waals surface area (Å²) < 4.78 is 18.1. The molecule has 0 aliphatic heterocycles. The van der Waals surface area contributed by atoms with E-state index in [1.807, 2.05) is 18.2 Å². The first-order chi connectivity index (χ1) is 15.2. The van der Waals surface area contributed by atoms with Crippen molar-refractivity contribution in [3.63, 3.8) is 0 Å². The molecule has 4 nitrogen and oxygen atoms in total. The Morgan fingerprint density at radius 3 is 1.45 bits per heavy atom. The van der Waals surface area contributed by atoms with Gasteiger partial charge in [-0.25, -0.2) is 0 Å². The second kappa shape index (κ2) is 12.5. The van der Waals surface area contributed by atoms with Crippen LogP contribution in [0.1, 0.15) is 16.7 Å². The molecule has 0 aliphatic carbocycles. The highest BCUT2D eigenvalue weighted by Crippen LogP contribution is 2.16. The lowest BCUT2D eigenvalue weighted by atomic mass is 10.1. The molecule has 0 bridgehead atoms. The Morgan fingerprint density at radius 2 is 1.03 bits per heavy atom. The van der Waals surface area contributed by atoms with Gasteiger partial charge in [0, 0.05) is 33.4 Å². The maximum atomic E-state index is 6.39. The maximum Gasteiger partial charge on any atom is 0.506 e. The lowest BCUT2D eigenvalue weighted by Gasteiger charge is -2.30. The van der Waals surface area contributed by atoms with Crippen molar-refractivity contribution in [2.75, 3.05) is 34.0 Å². The second-order valence-corrected chi connectivity index (χ2v) is 10.4. The summed E-state index contributed by atoms with van der Waals surface area (Å²) >= 11 is 0. The molecule has 0 atom stereocenters. The predicted molar refractivity (Wildman–Crippen MR) is 128 cm³/mol. The molecular formula is C26H33NO3Si. The van der Waals surface area contributed by atoms with Gasteiger partial charge in [0.2, 0.25) is 0 Å². The molecule has 3 rings (SSSR count). The molecule has 0 saturated heterocycles. The van der Waals surface area contributed by atoms with Crippen LogP contribution in [-0.2, 0) is 32.2 Å². The molecule has 0 fully saturated rings. The lowest BCUT2D eigenvalue weighted by molar-refractivity contribution is 0.0370. The van der Waals surface area contributed by atoms with Gasteiger partial charge < -0.3 is 13.3 Å². The summed E-state index contributed by atoms with van der Waals surface area (Å²) in [6.07, 6.45) is 1.96. The Balaban J connectivity index is 1.64. The highest BCUT2D eigenvalue weighted by atomic mass is 28.4. The average molecular weight is 436 g/mol. The van der Waals surface area contributed by atoms with Crippen molar-refractivity contribution in [3.05, 3.63) is 108 Å². The molecule has 0 heterocycles. The van der Waals surface area contributed by atoms with Gasteiger partial charge >= 0.3 is 8.80 Å². The van der Waals surface area contributed by atoms with E-state index < -0.39 is 8.80 Å². The SMILES string of the molecule is CO[Si](Cc1ccccc1)(OC)OCN(CCc1ccccc1)CCc1ccccc1. The van der Waals surface area contributed by atoms with Gasteiger partial charge in [0.25, 0.3) is 0 Å². The third-order valence-corrected chi connectivity index (χ3v) is 8.13. The third kappa shape index (κ3) is 7.72. The minimum atomic E-state index is -2.81. The van der Waals surface area contributed by atoms with E-state index in [1.54, 1.807) is 14.2 Å². The number of hydrogen-bond donors (Lipinski definition) is 0. The quantitative estimate of drug-likeness (QED) is 0.286. The molecule has 0 unspecified atom stereocenters. The molecule has 164 valence electrons. The summed E-state index contributed by atoms with van der Waals surface area (Å²) in [5, 5.41) is 0. The van der Waals surface area contributed by atoms with Crippen LogP contribution in [0.5, 0.6) is 0 Å². The topological polar surface area (TPSA) is 30.9 Å². The van der Waals surface area contributed by atoms with Crippen LogP contribution in [0.3, 0.4) is 0 Å². The second-order valence-electron chi connectivity index (χ2n) is 7.62. The minimum Gasteiger partial charge on any atom is -0.377 e. The molecule has 0 N–H and O–H groups in total. The van der Waals surface area contributed by atoms with E-state index in [1.165, 1.54) is 11.1 Å². The van der Waals surface area contributed by atoms with Crippen LogP contribution in [0.15, 0.2) is 91.0 Å². The molecule has 31 heavy (non-hydrogen) atoms. The van der Waals surface area contributed by atoms with Crippen LogP contribution in [-0.4, -0.2) is 47.7 Å². The average Bonchev–Trinajstić information content (AvgIpc) is 2.84. The zero-order valence-corrected chi connectivity index (χ0v) is 19.6. The number of benzene rings is 3. The fraction of sp³-hybridized carbons (Fsp3) is 0.308. The lowest BCUT2D eigenvalue weighted by Crippen LogP contribution is -2.49. The smallest absolute Gasteiger partial charge is 0.377 e. The Hall–Kier alpha value is -2.28. The van der Waals surface area contributed by atoms with Crippen molar-refractivity contribution in [2.45, 2.75) is 18.9 Å². The zero-order chi connectivity index (χ0) is 21.8. The standard InChI is InChI=1S/C26H33NO3Si/c1-28-31(29-2,22-26-16-10-5-11-17-26)30-23-27(20-18-24-12-6-3-7-13-24)21-19-25-14-8-4-9-15-25/h3-17H,18-23H2,1-2H3. The van der Waals surface area contributed by atoms with Crippen molar-refractivity contribution in [1.82, 2.24) is 4.90 Å². The van der Waals surface area contributed by atoms with Crippen molar-refractivity contribution in [1.29, 1.82) is 0 Å². The van der Waals surface area contributed by atoms with Crippen molar-refractivity contribution >= 4 is 8.80 Å². The van der Waals surface area contributed by atoms with Crippen LogP contribution in [0.4, 0.5) is 0 Å². The molecule has 0 radical (unpaired) electrons. The minimum absolute atomic E-state index is 0.487. The van der Waals surface area contributed by atoms with Crippen LogP contribution in [0.2, 0.25) is 0 Å². The van der Waals surface area contributed by atoms with Crippen molar-refractivity contribution in [2.24, 2.45) is 0 Å². The number of rotatable bonds is 13. The fourth-order valence-electron chi connectivity index (χ4n) is 3.54. The molecule has 0 spiro atoms. The monoisotopic (exact) mass is 435 g/mol. The van der Waals surface area contributed by atoms with Crippen LogP contribution in [0.25, 0.3) is 0 Å². The van der Waals surface area contributed by atoms with Crippen LogP contribution >= 0.6 is 0 Å². The fourth-order valence-corrected chi connectivity index (χ4v) is 5.44. The van der Waals surface area contributed by atoms with E-state index in [4.69, 9.17) is 13.3 Å². The number of nitrogens with zero attached hydrogens (tertiary/aromatic N) is 1. The van der Waals surface area contributed by atoms with Gasteiger partial charge in [0.15, 0.2) is 0 Å². The molecular weight excluding hydrogens is 402 g/mol. The Kier molecular flexibility index (Phi) is 9.46. The summed E-state index contributed by atoms with van der Waals surface area (Å²) in [6, 6.07) is 32.1. The van der Waals surface area contributed by atoms with E-state index in [-0.39, 0.29) is 0 Å². The van der Waals surface area contributed by atoms with E-state index in [9.17, 15) is 0 Å². The van der Waals surface area contributed by atoms with E-state index >= 15 is 0 Å². The summed E-state index contributed by atoms with van der Waals surface area (Å²) in [6.45, 7) is 2.32. The molecule has 5 heteroatoms. The molecule has 3 aromatic rings. The van der Waals surface area contributed by atoms with Crippen molar-refractivity contribution < 1.29 is 13.3 Å². The maximum absolute atomic E-state index is 6.39. The zero-order valence-electron chi connectivity index (χ0n) is 18.6. The molecule has 0 aromatic heterocycles. The van der Waals surface area contributed by atoms with E-state index in [0.717, 1.165) is 31.5 Å². The Bertz CT molecular complexity index is 814. The van der Waals surface area contributed by atoms with Gasteiger partial charge in [0.05, 0.1) is 6.73 Å². The van der Waals surface area contributed by atoms with Crippen LogP contribution in [0, 0.1) is 0 Å². The summed E-state index contributed by atoms with van der Waals surface area (Å²) in [4.78, 5) is 2.35. The normalized spacial score (nSPS) is 11.7. The Labute approximate surface area is 187 Å². The first-order valence-electron chi connectivity index (χ1n) is 10.8. The van der Waals surface area contributed by atoms with E-state index in [0.29, 0.717) is 12.8 Å². The first kappa shape index (κ1) is 23.4. The largest absolute Gasteiger partial charge is 0.506 e. The Morgan fingerprint density at radius 1 is 0.613 bits per heavy atom. The summed E-state index contributed by atoms with van der Waals surface area (Å²) in [7, 11) is 0.577. The van der Waals surface area contributed by atoms with Crippen molar-refractivity contribution in [3.8, 4) is 0 Å². The van der Waals surface area contributed by atoms with Crippen LogP contribution < -0.4 is 0 Å². The predicted octanol–water partition coefficient (Wildman–Crippen LogP) is 4.76. The van der Waals surface area contributed by atoms with Gasteiger partial charge in [-0.2, -0.15) is 0 Å². The molecule has 0 amide bonds. The van der Waals surface area contributed by atoms with E-state index in [2.05, 4.69) is 77.7 Å². The number of hydrogen-bond acceptors (Lipinski definition) is 4. The molecule has 0 aliphatic rings.